The molecule has 3 heterocycles. The Labute approximate surface area is 219 Å². The minimum Gasteiger partial charge on any atom is -0.450 e. The molecule has 0 radical (unpaired) electrons. The molecule has 2 fully saturated rings. The van der Waals surface area contributed by atoms with Gasteiger partial charge in [-0.1, -0.05) is 24.3 Å². The number of hydrogen-bond acceptors (Lipinski definition) is 5. The summed E-state index contributed by atoms with van der Waals surface area (Å²) in [6, 6.07) is 13.3. The molecule has 0 atom stereocenters. The lowest BCUT2D eigenvalue weighted by Gasteiger charge is -2.49. The van der Waals surface area contributed by atoms with E-state index in [1.165, 1.54) is 29.8 Å². The predicted molar refractivity (Wildman–Crippen MR) is 139 cm³/mol. The number of likely N-dealkylation sites (tertiary alicyclic amines) is 2. The molecule has 5 rings (SSSR count). The van der Waals surface area contributed by atoms with Gasteiger partial charge in [-0.2, -0.15) is 4.31 Å². The number of halogens is 1. The first-order chi connectivity index (χ1) is 17.8. The molecule has 0 bridgehead atoms. The zero-order valence-electron chi connectivity index (χ0n) is 21.4. The molecule has 1 spiro atoms. The van der Waals surface area contributed by atoms with E-state index in [1.807, 2.05) is 19.1 Å². The first kappa shape index (κ1) is 26.1. The van der Waals surface area contributed by atoms with E-state index in [0.29, 0.717) is 25.6 Å². The third-order valence-corrected chi connectivity index (χ3v) is 10.1. The number of fused-ring (bicyclic) bond motifs is 2. The third-order valence-electron chi connectivity index (χ3n) is 8.34. The van der Waals surface area contributed by atoms with Gasteiger partial charge < -0.3 is 14.5 Å². The minimum absolute atomic E-state index is 0.134. The molecule has 0 N–H and O–H groups in total. The highest BCUT2D eigenvalue weighted by Crippen LogP contribution is 2.43. The molecule has 7 nitrogen and oxygen atoms in total. The summed E-state index contributed by atoms with van der Waals surface area (Å²) in [5.41, 5.74) is 2.09. The fourth-order valence-corrected chi connectivity index (χ4v) is 7.74. The molecule has 0 saturated carbocycles. The zero-order valence-corrected chi connectivity index (χ0v) is 22.3. The molecule has 3 aliphatic rings. The van der Waals surface area contributed by atoms with Crippen LogP contribution in [0.15, 0.2) is 53.4 Å². The summed E-state index contributed by atoms with van der Waals surface area (Å²) >= 11 is 0. The molecule has 200 valence electrons. The van der Waals surface area contributed by atoms with E-state index in [4.69, 9.17) is 4.74 Å². The van der Waals surface area contributed by atoms with Crippen molar-refractivity contribution in [3.8, 4) is 0 Å². The van der Waals surface area contributed by atoms with Gasteiger partial charge in [-0.05, 0) is 87.0 Å². The Morgan fingerprint density at radius 1 is 1.03 bits per heavy atom. The number of piperidine rings is 2. The summed E-state index contributed by atoms with van der Waals surface area (Å²) in [4.78, 5) is 16.4. The van der Waals surface area contributed by atoms with Crippen LogP contribution in [0.2, 0.25) is 0 Å². The van der Waals surface area contributed by atoms with Gasteiger partial charge in [-0.25, -0.2) is 17.6 Å². The summed E-state index contributed by atoms with van der Waals surface area (Å²) in [5, 5.41) is 0. The molecule has 3 aliphatic heterocycles. The van der Waals surface area contributed by atoms with Crippen LogP contribution in [0.5, 0.6) is 0 Å². The molecular weight excluding hydrogens is 493 g/mol. The number of carbonyl (C=O) groups excluding carboxylic acids is 1. The van der Waals surface area contributed by atoms with E-state index in [-0.39, 0.29) is 16.4 Å². The van der Waals surface area contributed by atoms with Gasteiger partial charge in [0.15, 0.2) is 0 Å². The Morgan fingerprint density at radius 3 is 2.38 bits per heavy atom. The van der Waals surface area contributed by atoms with Crippen LogP contribution >= 0.6 is 0 Å². The van der Waals surface area contributed by atoms with E-state index in [9.17, 15) is 17.6 Å². The summed E-state index contributed by atoms with van der Waals surface area (Å²) < 4.78 is 47.2. The number of ether oxygens (including phenoxy) is 1. The van der Waals surface area contributed by atoms with Crippen LogP contribution in [0.4, 0.5) is 9.18 Å². The monoisotopic (exact) mass is 529 g/mol. The van der Waals surface area contributed by atoms with Crippen molar-refractivity contribution >= 4 is 16.1 Å². The lowest BCUT2D eigenvalue weighted by molar-refractivity contribution is 0.0755. The first-order valence-electron chi connectivity index (χ1n) is 13.3. The highest BCUT2D eigenvalue weighted by atomic mass is 32.2. The van der Waals surface area contributed by atoms with Crippen molar-refractivity contribution in [2.75, 3.05) is 45.9 Å². The van der Waals surface area contributed by atoms with E-state index in [2.05, 4.69) is 17.0 Å². The molecular formula is C28H36FN3O4S. The maximum Gasteiger partial charge on any atom is 0.409 e. The molecule has 0 aliphatic carbocycles. The lowest BCUT2D eigenvalue weighted by Crippen LogP contribution is -2.53. The number of nitrogens with zero attached hydrogens (tertiary/aromatic N) is 3. The minimum atomic E-state index is -3.74. The predicted octanol–water partition coefficient (Wildman–Crippen LogP) is 4.23. The normalized spacial score (nSPS) is 21.1. The summed E-state index contributed by atoms with van der Waals surface area (Å²) in [6.45, 7) is 7.32. The van der Waals surface area contributed by atoms with E-state index >= 15 is 0 Å². The standard InChI is InChI=1S/C28H36FN3O4S/c1-2-36-27(33)31-15-11-22(12-16-31)19-30-17-13-28(14-18-30)21-32(20-23-5-3-4-6-26(23)28)37(34,35)25-9-7-24(29)8-10-25/h3-10,22H,2,11-21H2,1H3. The van der Waals surface area contributed by atoms with Crippen LogP contribution in [0, 0.1) is 11.7 Å². The average Bonchev–Trinajstić information content (AvgIpc) is 2.91. The highest BCUT2D eigenvalue weighted by Gasteiger charge is 2.45. The van der Waals surface area contributed by atoms with Crippen LogP contribution in [0.25, 0.3) is 0 Å². The second-order valence-electron chi connectivity index (χ2n) is 10.6. The van der Waals surface area contributed by atoms with Crippen molar-refractivity contribution < 1.29 is 22.3 Å². The number of hydrogen-bond donors (Lipinski definition) is 0. The van der Waals surface area contributed by atoms with Crippen LogP contribution in [-0.4, -0.2) is 74.5 Å². The molecule has 9 heteroatoms. The van der Waals surface area contributed by atoms with Gasteiger partial charge in [0.25, 0.3) is 0 Å². The molecule has 2 saturated heterocycles. The quantitative estimate of drug-likeness (QED) is 0.580. The fourth-order valence-electron chi connectivity index (χ4n) is 6.24. The molecule has 2 aromatic carbocycles. The maximum atomic E-state index is 13.5. The molecule has 0 aromatic heterocycles. The van der Waals surface area contributed by atoms with Crippen molar-refractivity contribution in [2.24, 2.45) is 5.92 Å². The number of sulfonamides is 1. The Morgan fingerprint density at radius 2 is 1.70 bits per heavy atom. The molecule has 0 unspecified atom stereocenters. The first-order valence-corrected chi connectivity index (χ1v) is 14.7. The van der Waals surface area contributed by atoms with Gasteiger partial charge in [0.1, 0.15) is 5.82 Å². The summed E-state index contributed by atoms with van der Waals surface area (Å²) in [6.07, 6.45) is 3.53. The summed E-state index contributed by atoms with van der Waals surface area (Å²) in [5.74, 6) is 0.104. The molecule has 2 aromatic rings. The zero-order chi connectivity index (χ0) is 26.0. The Kier molecular flexibility index (Phi) is 7.56. The SMILES string of the molecule is CCOC(=O)N1CCC(CN2CCC3(CC2)CN(S(=O)(=O)c2ccc(F)cc2)Cc2ccccc23)CC1. The van der Waals surface area contributed by atoms with Crippen LogP contribution in [-0.2, 0) is 26.7 Å². The Bertz CT molecular complexity index is 1200. The Hall–Kier alpha value is -2.49. The van der Waals surface area contributed by atoms with Crippen molar-refractivity contribution in [3.63, 3.8) is 0 Å². The van der Waals surface area contributed by atoms with Crippen molar-refractivity contribution in [3.05, 3.63) is 65.5 Å². The number of benzene rings is 2. The number of carbonyl (C=O) groups is 1. The average molecular weight is 530 g/mol. The van der Waals surface area contributed by atoms with Crippen molar-refractivity contribution in [2.45, 2.75) is 49.5 Å². The lowest BCUT2D eigenvalue weighted by atomic mass is 9.69. The van der Waals surface area contributed by atoms with Crippen LogP contribution in [0.3, 0.4) is 0 Å². The van der Waals surface area contributed by atoms with Crippen molar-refractivity contribution in [1.29, 1.82) is 0 Å². The number of amides is 1. The van der Waals surface area contributed by atoms with Gasteiger partial charge in [-0.15, -0.1) is 0 Å². The van der Waals surface area contributed by atoms with Gasteiger partial charge in [0.05, 0.1) is 11.5 Å². The van der Waals surface area contributed by atoms with Gasteiger partial charge >= 0.3 is 6.09 Å². The van der Waals surface area contributed by atoms with Crippen LogP contribution < -0.4 is 0 Å². The second-order valence-corrected chi connectivity index (χ2v) is 12.5. The molecule has 37 heavy (non-hydrogen) atoms. The van der Waals surface area contributed by atoms with Gasteiger partial charge in [-0.3, -0.25) is 0 Å². The largest absolute Gasteiger partial charge is 0.450 e. The summed E-state index contributed by atoms with van der Waals surface area (Å²) in [7, 11) is -3.74. The van der Waals surface area contributed by atoms with Crippen LogP contribution in [0.1, 0.15) is 43.7 Å². The van der Waals surface area contributed by atoms with E-state index in [0.717, 1.165) is 64.0 Å². The fraction of sp³-hybridized carbons (Fsp3) is 0.536. The smallest absolute Gasteiger partial charge is 0.409 e. The second kappa shape index (κ2) is 10.7. The van der Waals surface area contributed by atoms with Crippen molar-refractivity contribution in [1.82, 2.24) is 14.1 Å². The van der Waals surface area contributed by atoms with E-state index in [1.54, 1.807) is 9.21 Å². The van der Waals surface area contributed by atoms with Gasteiger partial charge in [0, 0.05) is 38.1 Å². The third kappa shape index (κ3) is 5.40. The highest BCUT2D eigenvalue weighted by molar-refractivity contribution is 7.89. The number of rotatable bonds is 5. The molecule has 1 amide bonds. The maximum absolute atomic E-state index is 13.5. The topological polar surface area (TPSA) is 70.2 Å². The Balaban J connectivity index is 1.26. The van der Waals surface area contributed by atoms with E-state index < -0.39 is 15.8 Å². The van der Waals surface area contributed by atoms with Gasteiger partial charge in [0.2, 0.25) is 10.0 Å².